The van der Waals surface area contributed by atoms with Gasteiger partial charge < -0.3 is 10.1 Å². The Morgan fingerprint density at radius 2 is 2.30 bits per heavy atom. The van der Waals surface area contributed by atoms with Crippen LogP contribution in [0.5, 0.6) is 0 Å². The molecule has 1 aromatic carbocycles. The van der Waals surface area contributed by atoms with Crippen LogP contribution in [-0.4, -0.2) is 18.1 Å². The van der Waals surface area contributed by atoms with Crippen LogP contribution >= 0.6 is 34.2 Å². The Labute approximate surface area is 148 Å². The summed E-state index contributed by atoms with van der Waals surface area (Å²) in [5.74, 6) is -1.40. The fraction of sp³-hybridized carbons (Fsp3) is 0.0769. The Bertz CT molecular complexity index is 826. The fourth-order valence-electron chi connectivity index (χ4n) is 1.70. The van der Waals surface area contributed by atoms with Gasteiger partial charge in [-0.3, -0.25) is 4.98 Å². The number of methoxy groups -OCH3 is 1. The van der Waals surface area contributed by atoms with Gasteiger partial charge >= 0.3 is 5.97 Å². The van der Waals surface area contributed by atoms with E-state index < -0.39 is 11.8 Å². The van der Waals surface area contributed by atoms with Crippen LogP contribution in [0.2, 0.25) is 5.02 Å². The molecule has 0 bridgehead atoms. The molecule has 0 atom stereocenters. The first-order valence-electron chi connectivity index (χ1n) is 6.02. The molecule has 2 aromatic rings. The summed E-state index contributed by atoms with van der Waals surface area (Å²) in [6.07, 6.45) is 1.13. The number of halogens is 3. The van der Waals surface area contributed by atoms with E-state index in [2.05, 4.69) is 25.1 Å². The van der Waals surface area contributed by atoms with Crippen LogP contribution in [0.1, 0.15) is 10.4 Å². The minimum absolute atomic E-state index is 0.0210. The predicted molar refractivity (Wildman–Crippen MR) is 91.8 cm³/mol. The first-order chi connectivity index (χ1) is 11.0. The molecule has 0 saturated carbocycles. The second-order valence-corrected chi connectivity index (χ2v) is 5.74. The third-order valence-electron chi connectivity index (χ3n) is 2.74. The molecule has 0 unspecified atom stereocenters. The third-order valence-corrected chi connectivity index (χ3v) is 3.77. The Hall–Kier alpha value is -2.10. The summed E-state index contributed by atoms with van der Waals surface area (Å²) < 4.78 is 19.4. The molecule has 1 aromatic heterocycles. The van der Waals surface area contributed by atoms with Gasteiger partial charge in [0, 0.05) is 14.7 Å². The monoisotopic (exact) mass is 447 g/mol. The van der Waals surface area contributed by atoms with E-state index in [0.717, 1.165) is 6.20 Å². The molecule has 1 heterocycles. The van der Waals surface area contributed by atoms with E-state index in [9.17, 15) is 9.18 Å². The van der Waals surface area contributed by atoms with Crippen LogP contribution in [0.15, 0.2) is 29.5 Å². The number of hydrogen-bond acceptors (Lipinski definition) is 5. The molecule has 0 aliphatic carbocycles. The van der Waals surface area contributed by atoms with E-state index in [0.29, 0.717) is 3.57 Å². The molecule has 1 N–H and O–H groups in total. The maximum Gasteiger partial charge on any atom is 0.341 e. The van der Waals surface area contributed by atoms with Gasteiger partial charge in [-0.05, 0) is 51.4 Å². The molecule has 2 rings (SSSR count). The van der Waals surface area contributed by atoms with Crippen molar-refractivity contribution in [1.82, 2.24) is 4.98 Å². The minimum Gasteiger partial charge on any atom is -0.465 e. The quantitative estimate of drug-likeness (QED) is 0.236. The zero-order valence-corrected chi connectivity index (χ0v) is 14.5. The highest BCUT2D eigenvalue weighted by Crippen LogP contribution is 2.36. The van der Waals surface area contributed by atoms with Crippen LogP contribution in [0.25, 0.3) is 10.4 Å². The van der Waals surface area contributed by atoms with Crippen LogP contribution in [0, 0.1) is 9.39 Å². The Balaban J connectivity index is 2.59. The molecule has 23 heavy (non-hydrogen) atoms. The van der Waals surface area contributed by atoms with Crippen molar-refractivity contribution in [2.24, 2.45) is 5.11 Å². The van der Waals surface area contributed by atoms with Crippen molar-refractivity contribution in [3.8, 4) is 0 Å². The number of esters is 1. The zero-order valence-electron chi connectivity index (χ0n) is 11.5. The minimum atomic E-state index is -0.722. The smallest absolute Gasteiger partial charge is 0.341 e. The molecule has 7 nitrogen and oxygen atoms in total. The molecule has 0 aliphatic rings. The van der Waals surface area contributed by atoms with Gasteiger partial charge in [0.1, 0.15) is 17.2 Å². The highest BCUT2D eigenvalue weighted by molar-refractivity contribution is 14.1. The first kappa shape index (κ1) is 17.3. The number of azide groups is 1. The van der Waals surface area contributed by atoms with Gasteiger partial charge in [0.25, 0.3) is 0 Å². The van der Waals surface area contributed by atoms with E-state index >= 15 is 0 Å². The van der Waals surface area contributed by atoms with E-state index in [1.54, 1.807) is 6.07 Å². The van der Waals surface area contributed by atoms with Crippen molar-refractivity contribution in [2.45, 2.75) is 0 Å². The molecule has 10 heteroatoms. The highest BCUT2D eigenvalue weighted by atomic mass is 127. The van der Waals surface area contributed by atoms with Gasteiger partial charge in [0.15, 0.2) is 0 Å². The largest absolute Gasteiger partial charge is 0.465 e. The Morgan fingerprint density at radius 3 is 2.91 bits per heavy atom. The number of anilines is 2. The number of rotatable bonds is 4. The van der Waals surface area contributed by atoms with Gasteiger partial charge in [-0.2, -0.15) is 0 Å². The van der Waals surface area contributed by atoms with Gasteiger partial charge in [-0.25, -0.2) is 9.18 Å². The molecule has 0 spiro atoms. The normalized spacial score (nSPS) is 9.91. The SMILES string of the molecule is COC(=O)c1cnc(N=[N+]=[N-])c(Cl)c1Nc1ccc(I)cc1F. The van der Waals surface area contributed by atoms with Gasteiger partial charge in [0.05, 0.1) is 23.5 Å². The molecule has 0 amide bonds. The Morgan fingerprint density at radius 1 is 1.57 bits per heavy atom. The first-order valence-corrected chi connectivity index (χ1v) is 7.47. The summed E-state index contributed by atoms with van der Waals surface area (Å²) in [4.78, 5) is 18.2. The summed E-state index contributed by atoms with van der Waals surface area (Å²) in [6.45, 7) is 0. The maximum absolute atomic E-state index is 14.0. The second kappa shape index (κ2) is 7.44. The van der Waals surface area contributed by atoms with E-state index in [1.165, 1.54) is 19.2 Å². The van der Waals surface area contributed by atoms with E-state index in [4.69, 9.17) is 17.1 Å². The lowest BCUT2D eigenvalue weighted by molar-refractivity contribution is 0.0601. The van der Waals surface area contributed by atoms with Crippen molar-refractivity contribution in [2.75, 3.05) is 12.4 Å². The maximum atomic E-state index is 14.0. The fourth-order valence-corrected chi connectivity index (χ4v) is 2.39. The van der Waals surface area contributed by atoms with Crippen molar-refractivity contribution in [3.05, 3.63) is 54.8 Å². The number of nitrogens with zero attached hydrogens (tertiary/aromatic N) is 4. The molecular weight excluding hydrogens is 440 g/mol. The summed E-state index contributed by atoms with van der Waals surface area (Å²) >= 11 is 8.07. The van der Waals surface area contributed by atoms with Crippen LogP contribution in [0.4, 0.5) is 21.6 Å². The van der Waals surface area contributed by atoms with Crippen molar-refractivity contribution >= 4 is 57.4 Å². The van der Waals surface area contributed by atoms with Crippen molar-refractivity contribution < 1.29 is 13.9 Å². The van der Waals surface area contributed by atoms with E-state index in [1.807, 2.05) is 22.6 Å². The number of nitrogens with one attached hydrogen (secondary N) is 1. The summed E-state index contributed by atoms with van der Waals surface area (Å²) in [7, 11) is 1.19. The van der Waals surface area contributed by atoms with E-state index in [-0.39, 0.29) is 27.8 Å². The number of carbonyl (C=O) groups excluding carboxylic acids is 1. The Kier molecular flexibility index (Phi) is 5.59. The summed E-state index contributed by atoms with van der Waals surface area (Å²) in [6, 6.07) is 4.47. The lowest BCUT2D eigenvalue weighted by Crippen LogP contribution is -2.08. The van der Waals surface area contributed by atoms with Crippen molar-refractivity contribution in [3.63, 3.8) is 0 Å². The number of pyridine rings is 1. The number of benzene rings is 1. The van der Waals surface area contributed by atoms with Crippen LogP contribution < -0.4 is 5.32 Å². The highest BCUT2D eigenvalue weighted by Gasteiger charge is 2.20. The third kappa shape index (κ3) is 3.81. The van der Waals surface area contributed by atoms with Crippen LogP contribution in [-0.2, 0) is 4.74 Å². The van der Waals surface area contributed by atoms with Gasteiger partial charge in [0.2, 0.25) is 0 Å². The number of ether oxygens (including phenoxy) is 1. The molecule has 118 valence electrons. The zero-order chi connectivity index (χ0) is 17.0. The standard InChI is InChI=1S/C13H8ClFIN5O2/c1-23-13(22)7-5-18-12(20-21-17)10(14)11(7)19-9-3-2-6(16)4-8(9)15/h2-5H,1H3,(H,18,19). The van der Waals surface area contributed by atoms with Crippen LogP contribution in [0.3, 0.4) is 0 Å². The molecule has 0 radical (unpaired) electrons. The second-order valence-electron chi connectivity index (χ2n) is 4.11. The number of carbonyl (C=O) groups is 1. The molecule has 0 aliphatic heterocycles. The number of aromatic nitrogens is 1. The average molecular weight is 448 g/mol. The molecular formula is C13H8ClFIN5O2. The summed E-state index contributed by atoms with van der Waals surface area (Å²) in [5.41, 5.74) is 8.62. The number of hydrogen-bond donors (Lipinski definition) is 1. The lowest BCUT2D eigenvalue weighted by atomic mass is 10.2. The molecule has 0 fully saturated rings. The van der Waals surface area contributed by atoms with Gasteiger partial charge in [-0.15, -0.1) is 0 Å². The van der Waals surface area contributed by atoms with Gasteiger partial charge in [-0.1, -0.05) is 11.6 Å². The summed E-state index contributed by atoms with van der Waals surface area (Å²) in [5, 5.41) is 5.92. The predicted octanol–water partition coefficient (Wildman–Crippen LogP) is 4.95. The topological polar surface area (TPSA) is 100.0 Å². The average Bonchev–Trinajstić information content (AvgIpc) is 2.53. The van der Waals surface area contributed by atoms with Crippen molar-refractivity contribution in [1.29, 1.82) is 0 Å². The lowest BCUT2D eigenvalue weighted by Gasteiger charge is -2.14. The molecule has 0 saturated heterocycles.